The van der Waals surface area contributed by atoms with Crippen molar-refractivity contribution in [2.45, 2.75) is 20.4 Å². The Hall–Kier alpha value is -2.35. The zero-order valence-electron chi connectivity index (χ0n) is 9.69. The van der Waals surface area contributed by atoms with Crippen LogP contribution in [0.2, 0.25) is 0 Å². The monoisotopic (exact) mass is 228 g/mol. The molecule has 0 bridgehead atoms. The van der Waals surface area contributed by atoms with Crippen LogP contribution in [0, 0.1) is 25.2 Å². The minimum absolute atomic E-state index is 0.416. The molecule has 86 valence electrons. The number of nitrogens with zero attached hydrogens (tertiary/aromatic N) is 3. The van der Waals surface area contributed by atoms with E-state index in [1.807, 2.05) is 19.1 Å². The Balaban J connectivity index is 2.13. The van der Waals surface area contributed by atoms with Crippen molar-refractivity contribution in [1.29, 1.82) is 5.26 Å². The standard InChI is InChI=1S/C12H12N4O/c1-8-3-4-10(6-13)11(5-8)14-7-12-15-9(2)16-17-12/h3-5,14H,7H2,1-2H3. The van der Waals surface area contributed by atoms with Crippen LogP contribution in [0.4, 0.5) is 5.69 Å². The average molecular weight is 228 g/mol. The lowest BCUT2D eigenvalue weighted by Gasteiger charge is -2.06. The molecule has 0 aliphatic heterocycles. The molecule has 1 heterocycles. The van der Waals surface area contributed by atoms with Crippen LogP contribution in [0.15, 0.2) is 22.7 Å². The van der Waals surface area contributed by atoms with Gasteiger partial charge in [-0.05, 0) is 31.5 Å². The third kappa shape index (κ3) is 2.61. The number of nitrogens with one attached hydrogen (secondary N) is 1. The Bertz CT molecular complexity index is 568. The maximum atomic E-state index is 8.97. The fourth-order valence-corrected chi connectivity index (χ4v) is 1.48. The lowest BCUT2D eigenvalue weighted by molar-refractivity contribution is 0.379. The molecule has 0 spiro atoms. The van der Waals surface area contributed by atoms with E-state index >= 15 is 0 Å². The summed E-state index contributed by atoms with van der Waals surface area (Å²) in [6.07, 6.45) is 0. The van der Waals surface area contributed by atoms with E-state index in [9.17, 15) is 0 Å². The maximum Gasteiger partial charge on any atom is 0.245 e. The Kier molecular flexibility index (Phi) is 3.06. The molecule has 0 saturated heterocycles. The molecule has 0 aliphatic rings. The van der Waals surface area contributed by atoms with Gasteiger partial charge in [0.05, 0.1) is 17.8 Å². The molecule has 17 heavy (non-hydrogen) atoms. The molecule has 0 radical (unpaired) electrons. The van der Waals surface area contributed by atoms with Gasteiger partial charge in [0.25, 0.3) is 0 Å². The van der Waals surface area contributed by atoms with E-state index in [-0.39, 0.29) is 0 Å². The summed E-state index contributed by atoms with van der Waals surface area (Å²) in [6.45, 7) is 4.16. The van der Waals surface area contributed by atoms with Crippen LogP contribution in [0.1, 0.15) is 22.8 Å². The number of anilines is 1. The molecule has 0 saturated carbocycles. The lowest BCUT2D eigenvalue weighted by Crippen LogP contribution is -2.02. The predicted octanol–water partition coefficient (Wildman–Crippen LogP) is 2.17. The first-order valence-electron chi connectivity index (χ1n) is 5.23. The van der Waals surface area contributed by atoms with Gasteiger partial charge in [0.15, 0.2) is 5.82 Å². The third-order valence-electron chi connectivity index (χ3n) is 2.30. The fraction of sp³-hybridized carbons (Fsp3) is 0.250. The first-order chi connectivity index (χ1) is 8.19. The number of benzene rings is 1. The van der Waals surface area contributed by atoms with Gasteiger partial charge in [-0.3, -0.25) is 0 Å². The van der Waals surface area contributed by atoms with E-state index in [0.29, 0.717) is 23.8 Å². The van der Waals surface area contributed by atoms with Crippen molar-refractivity contribution in [2.75, 3.05) is 5.32 Å². The second kappa shape index (κ2) is 4.66. The lowest BCUT2D eigenvalue weighted by atomic mass is 10.1. The van der Waals surface area contributed by atoms with Crippen LogP contribution in [0.25, 0.3) is 0 Å². The molecule has 2 aromatic rings. The minimum atomic E-state index is 0.416. The molecule has 1 aromatic carbocycles. The first kappa shape index (κ1) is 11.1. The Morgan fingerprint density at radius 2 is 2.24 bits per heavy atom. The summed E-state index contributed by atoms with van der Waals surface area (Å²) in [6, 6.07) is 7.75. The molecular weight excluding hydrogens is 216 g/mol. The van der Waals surface area contributed by atoms with Gasteiger partial charge in [-0.15, -0.1) is 0 Å². The van der Waals surface area contributed by atoms with Crippen LogP contribution in [0.5, 0.6) is 0 Å². The molecule has 0 aliphatic carbocycles. The van der Waals surface area contributed by atoms with Gasteiger partial charge in [-0.2, -0.15) is 10.2 Å². The Morgan fingerprint density at radius 1 is 1.41 bits per heavy atom. The summed E-state index contributed by atoms with van der Waals surface area (Å²) < 4.78 is 4.98. The summed E-state index contributed by atoms with van der Waals surface area (Å²) in [7, 11) is 0. The van der Waals surface area contributed by atoms with Crippen molar-refractivity contribution >= 4 is 5.69 Å². The normalized spacial score (nSPS) is 9.94. The van der Waals surface area contributed by atoms with E-state index in [1.54, 1.807) is 13.0 Å². The Labute approximate surface area is 99.1 Å². The third-order valence-corrected chi connectivity index (χ3v) is 2.30. The average Bonchev–Trinajstić information content (AvgIpc) is 2.73. The molecule has 2 rings (SSSR count). The highest BCUT2D eigenvalue weighted by Crippen LogP contribution is 2.17. The zero-order chi connectivity index (χ0) is 12.3. The van der Waals surface area contributed by atoms with Gasteiger partial charge in [0, 0.05) is 0 Å². The molecule has 0 amide bonds. The highest BCUT2D eigenvalue weighted by atomic mass is 16.5. The molecule has 0 unspecified atom stereocenters. The van der Waals surface area contributed by atoms with Crippen molar-refractivity contribution in [3.63, 3.8) is 0 Å². The number of hydrogen-bond acceptors (Lipinski definition) is 5. The number of nitriles is 1. The van der Waals surface area contributed by atoms with E-state index in [0.717, 1.165) is 11.3 Å². The zero-order valence-corrected chi connectivity index (χ0v) is 9.69. The van der Waals surface area contributed by atoms with Crippen LogP contribution in [-0.2, 0) is 6.54 Å². The second-order valence-corrected chi connectivity index (χ2v) is 3.75. The number of aromatic nitrogens is 2. The van der Waals surface area contributed by atoms with Crippen molar-refractivity contribution in [2.24, 2.45) is 0 Å². The van der Waals surface area contributed by atoms with Gasteiger partial charge in [-0.25, -0.2) is 0 Å². The SMILES string of the molecule is Cc1ccc(C#N)c(NCc2nc(C)no2)c1. The Morgan fingerprint density at radius 3 is 2.88 bits per heavy atom. The van der Waals surface area contributed by atoms with E-state index < -0.39 is 0 Å². The van der Waals surface area contributed by atoms with E-state index in [1.165, 1.54) is 0 Å². The van der Waals surface area contributed by atoms with Crippen molar-refractivity contribution in [3.8, 4) is 6.07 Å². The van der Waals surface area contributed by atoms with E-state index in [2.05, 4.69) is 21.5 Å². The number of rotatable bonds is 3. The maximum absolute atomic E-state index is 8.97. The van der Waals surface area contributed by atoms with Gasteiger partial charge in [0.2, 0.25) is 5.89 Å². The topological polar surface area (TPSA) is 74.7 Å². The van der Waals surface area contributed by atoms with Crippen LogP contribution in [0.3, 0.4) is 0 Å². The molecule has 0 atom stereocenters. The van der Waals surface area contributed by atoms with Crippen molar-refractivity contribution < 1.29 is 4.52 Å². The van der Waals surface area contributed by atoms with Crippen molar-refractivity contribution in [1.82, 2.24) is 10.1 Å². The second-order valence-electron chi connectivity index (χ2n) is 3.75. The summed E-state index contributed by atoms with van der Waals surface area (Å²) in [5.41, 5.74) is 2.48. The molecule has 0 fully saturated rings. The highest BCUT2D eigenvalue weighted by molar-refractivity contribution is 5.58. The fourth-order valence-electron chi connectivity index (χ4n) is 1.48. The summed E-state index contributed by atoms with van der Waals surface area (Å²) in [5, 5.41) is 15.8. The van der Waals surface area contributed by atoms with Crippen LogP contribution >= 0.6 is 0 Å². The molecule has 5 nitrogen and oxygen atoms in total. The predicted molar refractivity (Wildman–Crippen MR) is 62.3 cm³/mol. The molecular formula is C12H12N4O. The van der Waals surface area contributed by atoms with Crippen LogP contribution < -0.4 is 5.32 Å². The highest BCUT2D eigenvalue weighted by Gasteiger charge is 2.05. The quantitative estimate of drug-likeness (QED) is 0.871. The van der Waals surface area contributed by atoms with Gasteiger partial charge in [0.1, 0.15) is 6.07 Å². The van der Waals surface area contributed by atoms with Crippen molar-refractivity contribution in [3.05, 3.63) is 41.0 Å². The number of hydrogen-bond donors (Lipinski definition) is 1. The van der Waals surface area contributed by atoms with Gasteiger partial charge in [-0.1, -0.05) is 11.2 Å². The molecule has 1 N–H and O–H groups in total. The van der Waals surface area contributed by atoms with Crippen LogP contribution in [-0.4, -0.2) is 10.1 Å². The molecule has 1 aromatic heterocycles. The van der Waals surface area contributed by atoms with E-state index in [4.69, 9.17) is 9.78 Å². The minimum Gasteiger partial charge on any atom is -0.375 e. The largest absolute Gasteiger partial charge is 0.375 e. The smallest absolute Gasteiger partial charge is 0.245 e. The van der Waals surface area contributed by atoms with Gasteiger partial charge < -0.3 is 9.84 Å². The molecule has 5 heteroatoms. The first-order valence-corrected chi connectivity index (χ1v) is 5.23. The summed E-state index contributed by atoms with van der Waals surface area (Å²) in [5.74, 6) is 1.11. The number of aryl methyl sites for hydroxylation is 2. The van der Waals surface area contributed by atoms with Gasteiger partial charge >= 0.3 is 0 Å². The summed E-state index contributed by atoms with van der Waals surface area (Å²) in [4.78, 5) is 4.08. The summed E-state index contributed by atoms with van der Waals surface area (Å²) >= 11 is 0.